The first-order chi connectivity index (χ1) is 10.2. The number of rotatable bonds is 4. The number of hydrogen-bond donors (Lipinski definition) is 2. The lowest BCUT2D eigenvalue weighted by Gasteiger charge is -2.09. The highest BCUT2D eigenvalue weighted by Crippen LogP contribution is 2.27. The average Bonchev–Trinajstić information content (AvgIpc) is 2.95. The first-order valence-corrected chi connectivity index (χ1v) is 7.24. The van der Waals surface area contributed by atoms with Crippen LogP contribution in [0.5, 0.6) is 0 Å². The zero-order chi connectivity index (χ0) is 14.8. The molecule has 21 heavy (non-hydrogen) atoms. The van der Waals surface area contributed by atoms with E-state index < -0.39 is 0 Å². The molecule has 0 amide bonds. The van der Waals surface area contributed by atoms with Crippen LogP contribution in [0.2, 0.25) is 0 Å². The van der Waals surface area contributed by atoms with E-state index in [1.807, 2.05) is 6.92 Å². The highest BCUT2D eigenvalue weighted by molar-refractivity contribution is 5.90. The standard InChI is InChI=1S/C16H19N5/c1-4-17-16-19-14(13-9-18-21-15(13)20-16)12-7-5-11(6-8-12)10(2)3/h5-10H,4H2,1-3H3,(H2,17,18,19,20,21). The zero-order valence-electron chi connectivity index (χ0n) is 12.5. The van der Waals surface area contributed by atoms with Crippen LogP contribution in [0.15, 0.2) is 30.5 Å². The summed E-state index contributed by atoms with van der Waals surface area (Å²) in [7, 11) is 0. The maximum Gasteiger partial charge on any atom is 0.225 e. The third-order valence-corrected chi connectivity index (χ3v) is 3.50. The predicted molar refractivity (Wildman–Crippen MR) is 85.4 cm³/mol. The van der Waals surface area contributed by atoms with Crippen molar-refractivity contribution in [3.63, 3.8) is 0 Å². The van der Waals surface area contributed by atoms with E-state index in [-0.39, 0.29) is 0 Å². The van der Waals surface area contributed by atoms with E-state index in [2.05, 4.69) is 63.6 Å². The van der Waals surface area contributed by atoms with Gasteiger partial charge in [-0.25, -0.2) is 4.98 Å². The van der Waals surface area contributed by atoms with Crippen molar-refractivity contribution in [2.75, 3.05) is 11.9 Å². The molecule has 0 aliphatic rings. The number of fused-ring (bicyclic) bond motifs is 1. The minimum atomic E-state index is 0.524. The van der Waals surface area contributed by atoms with Crippen LogP contribution in [0.3, 0.4) is 0 Å². The molecular formula is C16H19N5. The SMILES string of the molecule is CCNc1nc(-c2ccc(C(C)C)cc2)c2cn[nH]c2n1. The third-order valence-electron chi connectivity index (χ3n) is 3.50. The second-order valence-corrected chi connectivity index (χ2v) is 5.34. The van der Waals surface area contributed by atoms with E-state index >= 15 is 0 Å². The summed E-state index contributed by atoms with van der Waals surface area (Å²) in [6.45, 7) is 7.19. The summed E-state index contributed by atoms with van der Waals surface area (Å²) in [5.41, 5.74) is 4.05. The van der Waals surface area contributed by atoms with Gasteiger partial charge in [-0.3, -0.25) is 5.10 Å². The van der Waals surface area contributed by atoms with Gasteiger partial charge >= 0.3 is 0 Å². The van der Waals surface area contributed by atoms with E-state index in [1.165, 1.54) is 5.56 Å². The van der Waals surface area contributed by atoms with Crippen molar-refractivity contribution in [3.05, 3.63) is 36.0 Å². The number of anilines is 1. The molecule has 0 aliphatic heterocycles. The normalized spacial score (nSPS) is 11.2. The van der Waals surface area contributed by atoms with Gasteiger partial charge in [0.25, 0.3) is 0 Å². The molecule has 0 unspecified atom stereocenters. The first kappa shape index (κ1) is 13.5. The van der Waals surface area contributed by atoms with Crippen molar-refractivity contribution in [2.45, 2.75) is 26.7 Å². The number of nitrogens with zero attached hydrogens (tertiary/aromatic N) is 3. The Morgan fingerprint density at radius 3 is 2.57 bits per heavy atom. The molecule has 3 aromatic rings. The fourth-order valence-corrected chi connectivity index (χ4v) is 2.32. The lowest BCUT2D eigenvalue weighted by molar-refractivity contribution is 0.867. The van der Waals surface area contributed by atoms with Crippen molar-refractivity contribution in [1.29, 1.82) is 0 Å². The minimum absolute atomic E-state index is 0.524. The van der Waals surface area contributed by atoms with Gasteiger partial charge in [0.05, 0.1) is 17.3 Å². The van der Waals surface area contributed by atoms with Crippen LogP contribution in [0.25, 0.3) is 22.3 Å². The lowest BCUT2D eigenvalue weighted by atomic mass is 10.0. The van der Waals surface area contributed by atoms with E-state index in [4.69, 9.17) is 0 Å². The Kier molecular flexibility index (Phi) is 3.56. The molecule has 0 saturated carbocycles. The molecule has 2 aromatic heterocycles. The van der Waals surface area contributed by atoms with Gasteiger partial charge in [0.1, 0.15) is 0 Å². The summed E-state index contributed by atoms with van der Waals surface area (Å²) in [5, 5.41) is 11.1. The molecule has 5 heteroatoms. The Balaban J connectivity index is 2.11. The van der Waals surface area contributed by atoms with Crippen molar-refractivity contribution < 1.29 is 0 Å². The smallest absolute Gasteiger partial charge is 0.225 e. The van der Waals surface area contributed by atoms with Crippen molar-refractivity contribution >= 4 is 17.0 Å². The van der Waals surface area contributed by atoms with Crippen LogP contribution in [0, 0.1) is 0 Å². The molecular weight excluding hydrogens is 262 g/mol. The number of aromatic amines is 1. The number of hydrogen-bond acceptors (Lipinski definition) is 4. The molecule has 3 rings (SSSR count). The average molecular weight is 281 g/mol. The fourth-order valence-electron chi connectivity index (χ4n) is 2.32. The Labute approximate surface area is 123 Å². The first-order valence-electron chi connectivity index (χ1n) is 7.24. The van der Waals surface area contributed by atoms with Gasteiger partial charge in [-0.1, -0.05) is 38.1 Å². The summed E-state index contributed by atoms with van der Waals surface area (Å²) in [6, 6.07) is 8.53. The summed E-state index contributed by atoms with van der Waals surface area (Å²) >= 11 is 0. The van der Waals surface area contributed by atoms with Gasteiger partial charge in [-0.2, -0.15) is 10.1 Å². The van der Waals surface area contributed by atoms with Crippen LogP contribution < -0.4 is 5.32 Å². The topological polar surface area (TPSA) is 66.5 Å². The Morgan fingerprint density at radius 1 is 1.14 bits per heavy atom. The van der Waals surface area contributed by atoms with Crippen molar-refractivity contribution in [2.24, 2.45) is 0 Å². The molecule has 0 bridgehead atoms. The number of H-pyrrole nitrogens is 1. The van der Waals surface area contributed by atoms with E-state index in [9.17, 15) is 0 Å². The summed E-state index contributed by atoms with van der Waals surface area (Å²) in [4.78, 5) is 9.04. The Hall–Kier alpha value is -2.43. The van der Waals surface area contributed by atoms with Gasteiger partial charge < -0.3 is 5.32 Å². The summed E-state index contributed by atoms with van der Waals surface area (Å²) < 4.78 is 0. The van der Waals surface area contributed by atoms with E-state index in [1.54, 1.807) is 6.20 Å². The highest BCUT2D eigenvalue weighted by Gasteiger charge is 2.11. The molecule has 2 N–H and O–H groups in total. The van der Waals surface area contributed by atoms with Crippen molar-refractivity contribution in [3.8, 4) is 11.3 Å². The van der Waals surface area contributed by atoms with Crippen LogP contribution in [0.4, 0.5) is 5.95 Å². The molecule has 0 atom stereocenters. The molecule has 5 nitrogen and oxygen atoms in total. The number of aromatic nitrogens is 4. The van der Waals surface area contributed by atoms with Gasteiger partial charge in [0, 0.05) is 12.1 Å². The predicted octanol–water partition coefficient (Wildman–Crippen LogP) is 3.58. The zero-order valence-corrected chi connectivity index (χ0v) is 12.5. The minimum Gasteiger partial charge on any atom is -0.354 e. The second-order valence-electron chi connectivity index (χ2n) is 5.34. The molecule has 0 saturated heterocycles. The van der Waals surface area contributed by atoms with Gasteiger partial charge in [-0.15, -0.1) is 0 Å². The lowest BCUT2D eigenvalue weighted by Crippen LogP contribution is -2.03. The fraction of sp³-hybridized carbons (Fsp3) is 0.312. The van der Waals surface area contributed by atoms with Gasteiger partial charge in [0.2, 0.25) is 5.95 Å². The van der Waals surface area contributed by atoms with Gasteiger partial charge in [0.15, 0.2) is 5.65 Å². The monoisotopic (exact) mass is 281 g/mol. The van der Waals surface area contributed by atoms with E-state index in [0.29, 0.717) is 11.9 Å². The Morgan fingerprint density at radius 2 is 1.90 bits per heavy atom. The largest absolute Gasteiger partial charge is 0.354 e. The Bertz CT molecular complexity index is 743. The maximum absolute atomic E-state index is 4.63. The van der Waals surface area contributed by atoms with Crippen LogP contribution in [-0.2, 0) is 0 Å². The molecule has 0 aliphatic carbocycles. The molecule has 0 fully saturated rings. The second kappa shape index (κ2) is 5.52. The molecule has 1 aromatic carbocycles. The van der Waals surface area contributed by atoms with Crippen LogP contribution >= 0.6 is 0 Å². The molecule has 108 valence electrons. The molecule has 2 heterocycles. The third kappa shape index (κ3) is 2.59. The van der Waals surface area contributed by atoms with Crippen LogP contribution in [-0.4, -0.2) is 26.7 Å². The maximum atomic E-state index is 4.63. The summed E-state index contributed by atoms with van der Waals surface area (Å²) in [5.74, 6) is 1.15. The number of benzene rings is 1. The quantitative estimate of drug-likeness (QED) is 0.767. The van der Waals surface area contributed by atoms with Gasteiger partial charge in [-0.05, 0) is 18.4 Å². The summed E-state index contributed by atoms with van der Waals surface area (Å²) in [6.07, 6.45) is 1.77. The van der Waals surface area contributed by atoms with E-state index in [0.717, 1.165) is 28.8 Å². The van der Waals surface area contributed by atoms with Crippen molar-refractivity contribution in [1.82, 2.24) is 20.2 Å². The highest BCUT2D eigenvalue weighted by atomic mass is 15.2. The molecule has 0 spiro atoms. The number of nitrogens with one attached hydrogen (secondary N) is 2. The molecule has 0 radical (unpaired) electrons. The van der Waals surface area contributed by atoms with Crippen LogP contribution in [0.1, 0.15) is 32.3 Å².